The van der Waals surface area contributed by atoms with Gasteiger partial charge in [-0.1, -0.05) is 6.07 Å². The molecule has 1 amide bonds. The van der Waals surface area contributed by atoms with Crippen molar-refractivity contribution in [3.8, 4) is 0 Å². The highest BCUT2D eigenvalue weighted by molar-refractivity contribution is 7.12. The van der Waals surface area contributed by atoms with Gasteiger partial charge in [-0.3, -0.25) is 29.8 Å². The maximum absolute atomic E-state index is 12.9. The number of hydrazone groups is 1. The van der Waals surface area contributed by atoms with Crippen LogP contribution < -0.4 is 5.43 Å². The Kier molecular flexibility index (Phi) is 4.80. The number of nitro benzene ring substituents is 2. The number of hydrogen-bond acceptors (Lipinski definition) is 10. The molecule has 3 heterocycles. The third-order valence-corrected chi connectivity index (χ3v) is 6.62. The second kappa shape index (κ2) is 7.55. The minimum atomic E-state index is -0.872. The number of hydrogen-bond donors (Lipinski definition) is 1. The molecule has 2 saturated heterocycles. The molecule has 5 atom stereocenters. The quantitative estimate of drug-likeness (QED) is 0.391. The van der Waals surface area contributed by atoms with E-state index in [2.05, 4.69) is 10.5 Å². The first-order valence-electron chi connectivity index (χ1n) is 9.51. The van der Waals surface area contributed by atoms with E-state index >= 15 is 0 Å². The van der Waals surface area contributed by atoms with Crippen molar-refractivity contribution in [2.75, 3.05) is 6.61 Å². The number of fused-ring (bicyclic) bond motifs is 4. The van der Waals surface area contributed by atoms with Gasteiger partial charge >= 0.3 is 0 Å². The van der Waals surface area contributed by atoms with Gasteiger partial charge in [-0.25, -0.2) is 5.43 Å². The Bertz CT molecular complexity index is 1150. The Balaban J connectivity index is 1.39. The molecule has 2 aliphatic heterocycles. The smallest absolute Gasteiger partial charge is 0.277 e. The Morgan fingerprint density at radius 2 is 1.88 bits per heavy atom. The van der Waals surface area contributed by atoms with Crippen molar-refractivity contribution in [1.29, 1.82) is 0 Å². The van der Waals surface area contributed by atoms with Crippen molar-refractivity contribution in [1.82, 2.24) is 5.43 Å². The molecular formula is C19H14N4O8S. The second-order valence-corrected chi connectivity index (χ2v) is 8.49. The molecule has 1 N–H and O–H groups in total. The lowest BCUT2D eigenvalue weighted by Gasteiger charge is -2.18. The van der Waals surface area contributed by atoms with Gasteiger partial charge in [-0.2, -0.15) is 5.10 Å². The SMILES string of the molecule is O=C(N/N=C1/[C@H]2OC[C@@H](O2)[C@@H]2[C@H](C(=O)c3cccs3)[C@@H]12)c1cc([N+](=O)[O-])cc([N+](=O)[O-])c1. The monoisotopic (exact) mass is 458 g/mol. The zero-order valence-corrected chi connectivity index (χ0v) is 16.9. The van der Waals surface area contributed by atoms with Crippen molar-refractivity contribution in [2.24, 2.45) is 22.9 Å². The molecule has 1 aromatic heterocycles. The molecule has 3 fully saturated rings. The Morgan fingerprint density at radius 1 is 1.16 bits per heavy atom. The van der Waals surface area contributed by atoms with Gasteiger partial charge < -0.3 is 9.47 Å². The van der Waals surface area contributed by atoms with Crippen molar-refractivity contribution in [2.45, 2.75) is 12.4 Å². The predicted octanol–water partition coefficient (Wildman–Crippen LogP) is 2.15. The molecule has 2 bridgehead atoms. The van der Waals surface area contributed by atoms with Crippen molar-refractivity contribution < 1.29 is 28.9 Å². The van der Waals surface area contributed by atoms with Gasteiger partial charge in [-0.15, -0.1) is 11.3 Å². The largest absolute Gasteiger partial charge is 0.344 e. The van der Waals surface area contributed by atoms with E-state index in [0.29, 0.717) is 17.2 Å². The molecular weight excluding hydrogens is 444 g/mol. The van der Waals surface area contributed by atoms with E-state index in [4.69, 9.17) is 9.47 Å². The minimum absolute atomic E-state index is 0.0144. The molecule has 1 aromatic carbocycles. The number of carbonyl (C=O) groups excluding carboxylic acids is 2. The highest BCUT2D eigenvalue weighted by Crippen LogP contribution is 2.57. The summed E-state index contributed by atoms with van der Waals surface area (Å²) in [5.74, 6) is -1.59. The summed E-state index contributed by atoms with van der Waals surface area (Å²) in [5, 5.41) is 28.0. The average Bonchev–Trinajstić information content (AvgIpc) is 3.12. The Morgan fingerprint density at radius 3 is 2.50 bits per heavy atom. The van der Waals surface area contributed by atoms with E-state index in [9.17, 15) is 29.8 Å². The molecule has 0 unspecified atom stereocenters. The number of Topliss-reactive ketones (excluding diaryl/α,β-unsaturated/α-hetero) is 1. The molecule has 164 valence electrons. The van der Waals surface area contributed by atoms with Gasteiger partial charge in [0, 0.05) is 29.9 Å². The Hall–Kier alpha value is -3.55. The lowest BCUT2D eigenvalue weighted by atomic mass is 10.1. The normalized spacial score (nSPS) is 28.8. The highest BCUT2D eigenvalue weighted by atomic mass is 32.1. The number of nitrogens with one attached hydrogen (secondary N) is 1. The summed E-state index contributed by atoms with van der Waals surface area (Å²) < 4.78 is 11.3. The van der Waals surface area contributed by atoms with Crippen molar-refractivity contribution >= 4 is 40.1 Å². The van der Waals surface area contributed by atoms with Gasteiger partial charge in [-0.05, 0) is 11.4 Å². The fourth-order valence-electron chi connectivity index (χ4n) is 4.28. The van der Waals surface area contributed by atoms with Crippen LogP contribution in [0.2, 0.25) is 0 Å². The van der Waals surface area contributed by atoms with Crippen LogP contribution in [-0.4, -0.2) is 46.2 Å². The van der Waals surface area contributed by atoms with Gasteiger partial charge in [0.1, 0.15) is 0 Å². The first-order chi connectivity index (χ1) is 15.3. The van der Waals surface area contributed by atoms with E-state index in [1.165, 1.54) is 11.3 Å². The van der Waals surface area contributed by atoms with Crippen LogP contribution in [0.5, 0.6) is 0 Å². The van der Waals surface area contributed by atoms with Crippen LogP contribution in [0.3, 0.4) is 0 Å². The number of amides is 1. The van der Waals surface area contributed by atoms with E-state index in [1.807, 2.05) is 5.38 Å². The predicted molar refractivity (Wildman–Crippen MR) is 108 cm³/mol. The minimum Gasteiger partial charge on any atom is -0.344 e. The molecule has 1 aliphatic carbocycles. The second-order valence-electron chi connectivity index (χ2n) is 7.54. The molecule has 2 aromatic rings. The third-order valence-electron chi connectivity index (χ3n) is 5.74. The maximum Gasteiger partial charge on any atom is 0.277 e. The fourth-order valence-corrected chi connectivity index (χ4v) is 4.99. The number of rotatable bonds is 6. The number of ether oxygens (including phenoxy) is 2. The fraction of sp³-hybridized carbons (Fsp3) is 0.316. The molecule has 5 rings (SSSR count). The molecule has 13 heteroatoms. The summed E-state index contributed by atoms with van der Waals surface area (Å²) in [6.45, 7) is 0.310. The molecule has 32 heavy (non-hydrogen) atoms. The number of carbonyl (C=O) groups is 2. The van der Waals surface area contributed by atoms with E-state index < -0.39 is 33.4 Å². The van der Waals surface area contributed by atoms with Crippen LogP contribution in [0, 0.1) is 38.0 Å². The van der Waals surface area contributed by atoms with Crippen LogP contribution in [0.1, 0.15) is 20.0 Å². The van der Waals surface area contributed by atoms with Crippen LogP contribution in [0.25, 0.3) is 0 Å². The van der Waals surface area contributed by atoms with Crippen LogP contribution >= 0.6 is 11.3 Å². The highest BCUT2D eigenvalue weighted by Gasteiger charge is 2.67. The van der Waals surface area contributed by atoms with Gasteiger partial charge in [0.2, 0.25) is 0 Å². The zero-order chi connectivity index (χ0) is 22.6. The summed E-state index contributed by atoms with van der Waals surface area (Å²) in [5.41, 5.74) is 1.14. The van der Waals surface area contributed by atoms with Crippen molar-refractivity contribution in [3.63, 3.8) is 0 Å². The van der Waals surface area contributed by atoms with Crippen molar-refractivity contribution in [3.05, 3.63) is 66.4 Å². The molecule has 0 radical (unpaired) electrons. The molecule has 12 nitrogen and oxygen atoms in total. The summed E-state index contributed by atoms with van der Waals surface area (Å²) in [7, 11) is 0. The average molecular weight is 458 g/mol. The number of ketones is 1. The summed E-state index contributed by atoms with van der Waals surface area (Å²) in [6, 6.07) is 6.15. The van der Waals surface area contributed by atoms with Crippen LogP contribution in [0.15, 0.2) is 40.8 Å². The molecule has 1 saturated carbocycles. The van der Waals surface area contributed by atoms with Gasteiger partial charge in [0.05, 0.1) is 44.8 Å². The number of nitrogens with zero attached hydrogens (tertiary/aromatic N) is 3. The Labute approximate surface area is 183 Å². The van der Waals surface area contributed by atoms with Crippen LogP contribution in [-0.2, 0) is 9.47 Å². The van der Waals surface area contributed by atoms with Gasteiger partial charge in [0.25, 0.3) is 17.3 Å². The first-order valence-corrected chi connectivity index (χ1v) is 10.4. The van der Waals surface area contributed by atoms with E-state index in [1.54, 1.807) is 12.1 Å². The van der Waals surface area contributed by atoms with Gasteiger partial charge in [0.15, 0.2) is 12.1 Å². The number of non-ortho nitro benzene ring substituents is 2. The summed E-state index contributed by atoms with van der Waals surface area (Å²) in [6.07, 6.45) is -1.03. The molecule has 3 aliphatic rings. The zero-order valence-electron chi connectivity index (χ0n) is 16.1. The maximum atomic E-state index is 12.9. The number of benzene rings is 1. The molecule has 0 spiro atoms. The number of nitro groups is 2. The van der Waals surface area contributed by atoms with Crippen LogP contribution in [0.4, 0.5) is 11.4 Å². The number of thiophene rings is 1. The summed E-state index contributed by atoms with van der Waals surface area (Å²) in [4.78, 5) is 46.5. The topological polar surface area (TPSA) is 163 Å². The standard InChI is InChI=1S/C19H14N4O8S/c24-17(12-2-1-3-32-12)15-13-11-7-30-19(31-11)16(14(13)15)20-21-18(25)8-4-9(22(26)27)6-10(5-8)23(28)29/h1-6,11,13-15,19H,7H2,(H,21,25)/b20-16+/t11-,13+,14+,15+,19+/m1/s1. The van der Waals surface area contributed by atoms with E-state index in [-0.39, 0.29) is 35.2 Å². The first kappa shape index (κ1) is 20.4. The summed E-state index contributed by atoms with van der Waals surface area (Å²) >= 11 is 1.35. The third kappa shape index (κ3) is 3.36. The lowest BCUT2D eigenvalue weighted by Crippen LogP contribution is -2.33. The van der Waals surface area contributed by atoms with E-state index in [0.717, 1.165) is 18.2 Å². The lowest BCUT2D eigenvalue weighted by molar-refractivity contribution is -0.394.